The molecule has 0 aromatic heterocycles. The Balaban J connectivity index is 0.000000209. The van der Waals surface area contributed by atoms with Crippen molar-refractivity contribution in [2.45, 2.75) is 80.3 Å². The van der Waals surface area contributed by atoms with Crippen molar-refractivity contribution < 1.29 is 45.1 Å². The van der Waals surface area contributed by atoms with Gasteiger partial charge in [0.15, 0.2) is 0 Å². The van der Waals surface area contributed by atoms with E-state index in [4.69, 9.17) is 27.6 Å². The van der Waals surface area contributed by atoms with Crippen molar-refractivity contribution in [1.29, 1.82) is 0 Å². The average molecular weight is 1030 g/mol. The molecule has 15 heteroatoms. The molecule has 7 rings (SSSR count). The van der Waals surface area contributed by atoms with Crippen LogP contribution in [0.25, 0.3) is 32.7 Å². The second kappa shape index (κ2) is 26.8. The molecule has 6 aromatic carbocycles. The molecule has 0 atom stereocenters. The standard InChI is InChI=1S/C25H30NO4P.C17H19O4P.C15H17NO2S/c1-6-29-31(27,30-7-2)25-17(4)21-15-26-14-20(21)16(3)23(25)24-19-11-9-8-10-18(19)12-13-22(24)28-5;1-4-20-22(18,21-5-2)13-12-16-15-9-7-6-8-14(15)10-11-17(16)19-3;1-4-6-12-16(13-7-5-2)19(17,18)15-10-8-14(3)9-11-15/h8-13,26H,6-7,14-15H2,1-5H3;6-11H,4-5H2,1-3H3;8-11H,12-13H2,1-3H3. The van der Waals surface area contributed by atoms with Crippen LogP contribution in [0.4, 0.5) is 0 Å². The fourth-order valence-electron chi connectivity index (χ4n) is 8.27. The van der Waals surface area contributed by atoms with Gasteiger partial charge in [0, 0.05) is 35.3 Å². The highest BCUT2D eigenvalue weighted by Gasteiger charge is 2.37. The Morgan fingerprint density at radius 3 is 1.64 bits per heavy atom. The number of hydrogen-bond donors (Lipinski definition) is 1. The molecule has 12 nitrogen and oxygen atoms in total. The quantitative estimate of drug-likeness (QED) is 0.0732. The monoisotopic (exact) mass is 1030 g/mol. The Morgan fingerprint density at radius 1 is 0.611 bits per heavy atom. The van der Waals surface area contributed by atoms with Crippen LogP contribution in [0.3, 0.4) is 0 Å². The molecule has 1 aliphatic rings. The molecule has 0 bridgehead atoms. The number of nitrogens with zero attached hydrogens (tertiary/aromatic N) is 1. The van der Waals surface area contributed by atoms with Crippen LogP contribution in [0.15, 0.2) is 102 Å². The van der Waals surface area contributed by atoms with Gasteiger partial charge in [0.25, 0.3) is 0 Å². The summed E-state index contributed by atoms with van der Waals surface area (Å²) in [5.74, 6) is 15.3. The van der Waals surface area contributed by atoms with Crippen LogP contribution in [0.2, 0.25) is 0 Å². The smallest absolute Gasteiger partial charge is 0.405 e. The highest BCUT2D eigenvalue weighted by Crippen LogP contribution is 2.54. The second-order valence-electron chi connectivity index (χ2n) is 16.1. The lowest BCUT2D eigenvalue weighted by Gasteiger charge is -2.27. The third-order valence-electron chi connectivity index (χ3n) is 11.6. The third kappa shape index (κ3) is 13.5. The van der Waals surface area contributed by atoms with E-state index in [0.29, 0.717) is 29.8 Å². The average Bonchev–Trinajstić information content (AvgIpc) is 3.88. The largest absolute Gasteiger partial charge is 0.496 e. The maximum absolute atomic E-state index is 14.2. The summed E-state index contributed by atoms with van der Waals surface area (Å²) < 4.78 is 86.2. The zero-order chi connectivity index (χ0) is 52.5. The summed E-state index contributed by atoms with van der Waals surface area (Å²) in [6.45, 7) is 19.6. The molecule has 1 aliphatic heterocycles. The first kappa shape index (κ1) is 57.2. The lowest BCUT2D eigenvalue weighted by Crippen LogP contribution is -2.32. The predicted octanol–water partition coefficient (Wildman–Crippen LogP) is 12.1. The van der Waals surface area contributed by atoms with E-state index in [0.717, 1.165) is 68.2 Å². The zero-order valence-corrected chi connectivity index (χ0v) is 45.8. The first-order valence-corrected chi connectivity index (χ1v) is 28.3. The topological polar surface area (TPSA) is 139 Å². The molecule has 72 heavy (non-hydrogen) atoms. The molecule has 0 amide bonds. The fourth-order valence-corrected chi connectivity index (χ4v) is 12.8. The summed E-state index contributed by atoms with van der Waals surface area (Å²) in [5.41, 5.74) is 10.7. The fraction of sp³-hybridized carbons (Fsp3) is 0.333. The predicted molar refractivity (Wildman–Crippen MR) is 292 cm³/mol. The van der Waals surface area contributed by atoms with E-state index in [1.165, 1.54) is 15.4 Å². The number of ether oxygens (including phenoxy) is 2. The van der Waals surface area contributed by atoms with Crippen LogP contribution in [0, 0.1) is 56.0 Å². The Labute approximate surface area is 427 Å². The van der Waals surface area contributed by atoms with E-state index >= 15 is 0 Å². The molecular weight excluding hydrogens is 967 g/mol. The van der Waals surface area contributed by atoms with Crippen LogP contribution in [0.5, 0.6) is 11.5 Å². The molecular formula is C57H66N2O10P2S. The van der Waals surface area contributed by atoms with Gasteiger partial charge in [-0.05, 0) is 131 Å². The molecule has 0 radical (unpaired) electrons. The number of nitrogens with one attached hydrogen (secondary N) is 1. The summed E-state index contributed by atoms with van der Waals surface area (Å²) in [4.78, 5) is 0.272. The summed E-state index contributed by atoms with van der Waals surface area (Å²) in [6.07, 6.45) is 0. The molecule has 6 aromatic rings. The molecule has 1 N–H and O–H groups in total. The molecule has 1 heterocycles. The van der Waals surface area contributed by atoms with Gasteiger partial charge in [-0.3, -0.25) is 13.6 Å². The molecule has 380 valence electrons. The van der Waals surface area contributed by atoms with Gasteiger partial charge in [0.1, 0.15) is 11.5 Å². The lowest BCUT2D eigenvalue weighted by atomic mass is 9.88. The molecule has 0 unspecified atom stereocenters. The van der Waals surface area contributed by atoms with Gasteiger partial charge in [0.05, 0.1) is 69.5 Å². The van der Waals surface area contributed by atoms with Crippen molar-refractivity contribution in [2.24, 2.45) is 0 Å². The maximum atomic E-state index is 14.2. The number of aryl methyl sites for hydroxylation is 1. The normalized spacial score (nSPS) is 11.9. The molecule has 0 aliphatic carbocycles. The van der Waals surface area contributed by atoms with Gasteiger partial charge in [-0.15, -0.1) is 11.8 Å². The van der Waals surface area contributed by atoms with Crippen molar-refractivity contribution in [2.75, 3.05) is 53.7 Å². The summed E-state index contributed by atoms with van der Waals surface area (Å²) >= 11 is 0. The maximum Gasteiger partial charge on any atom is 0.405 e. The molecule has 0 spiro atoms. The summed E-state index contributed by atoms with van der Waals surface area (Å²) in [6, 6.07) is 30.7. The Hall–Kier alpha value is -5.71. The second-order valence-corrected chi connectivity index (χ2v) is 21.7. The Kier molecular flexibility index (Phi) is 21.3. The van der Waals surface area contributed by atoms with Gasteiger partial charge in [-0.2, -0.15) is 4.31 Å². The summed E-state index contributed by atoms with van der Waals surface area (Å²) in [7, 11) is -7.25. The molecule has 0 saturated carbocycles. The SMILES string of the molecule is CC#CCN(CC#CC)S(=O)(=O)c1ccc(C)cc1.CCOP(=O)(C#Cc1c(OC)ccc2ccccc12)OCC.CCOP(=O)(OCC)c1c(C)c2c(c(C)c1-c1c(OC)ccc3ccccc13)CNC2. The van der Waals surface area contributed by atoms with Crippen molar-refractivity contribution in [1.82, 2.24) is 9.62 Å². The van der Waals surface area contributed by atoms with Gasteiger partial charge in [-0.1, -0.05) is 90.2 Å². The number of rotatable bonds is 16. The van der Waals surface area contributed by atoms with Crippen LogP contribution >= 0.6 is 15.2 Å². The number of methoxy groups -OCH3 is 2. The van der Waals surface area contributed by atoms with Crippen molar-refractivity contribution >= 4 is 52.1 Å². The highest BCUT2D eigenvalue weighted by molar-refractivity contribution is 7.89. The summed E-state index contributed by atoms with van der Waals surface area (Å²) in [5, 5.41) is 8.24. The van der Waals surface area contributed by atoms with Gasteiger partial charge >= 0.3 is 15.2 Å². The molecule has 0 fully saturated rings. The minimum atomic E-state index is -3.56. The minimum Gasteiger partial charge on any atom is -0.496 e. The van der Waals surface area contributed by atoms with Crippen molar-refractivity contribution in [3.63, 3.8) is 0 Å². The van der Waals surface area contributed by atoms with E-state index in [-0.39, 0.29) is 31.2 Å². The van der Waals surface area contributed by atoms with Crippen LogP contribution < -0.4 is 20.1 Å². The molecule has 0 saturated heterocycles. The third-order valence-corrected chi connectivity index (χ3v) is 17.3. The minimum absolute atomic E-state index is 0.154. The van der Waals surface area contributed by atoms with Crippen molar-refractivity contribution in [3.8, 4) is 57.9 Å². The van der Waals surface area contributed by atoms with Gasteiger partial charge in [0.2, 0.25) is 10.0 Å². The van der Waals surface area contributed by atoms with Crippen LogP contribution in [-0.4, -0.2) is 66.5 Å². The van der Waals surface area contributed by atoms with E-state index in [1.807, 2.05) is 82.3 Å². The first-order valence-electron chi connectivity index (χ1n) is 23.8. The lowest BCUT2D eigenvalue weighted by molar-refractivity contribution is 0.229. The Morgan fingerprint density at radius 2 is 1.11 bits per heavy atom. The number of hydrogen-bond acceptors (Lipinski definition) is 11. The Bertz CT molecular complexity index is 3230. The van der Waals surface area contributed by atoms with E-state index in [1.54, 1.807) is 66.2 Å². The highest BCUT2D eigenvalue weighted by atomic mass is 32.2. The number of benzene rings is 6. The number of sulfonamides is 1. The van der Waals surface area contributed by atoms with E-state index in [2.05, 4.69) is 65.7 Å². The van der Waals surface area contributed by atoms with E-state index in [9.17, 15) is 17.5 Å². The van der Waals surface area contributed by atoms with Gasteiger partial charge < -0.3 is 23.8 Å². The van der Waals surface area contributed by atoms with Crippen molar-refractivity contribution in [3.05, 3.63) is 130 Å². The van der Waals surface area contributed by atoms with Crippen LogP contribution in [0.1, 0.15) is 74.9 Å². The zero-order valence-electron chi connectivity index (χ0n) is 43.2. The first-order chi connectivity index (χ1) is 34.6. The van der Waals surface area contributed by atoms with Crippen LogP contribution in [-0.2, 0) is 50.3 Å². The van der Waals surface area contributed by atoms with Gasteiger partial charge in [-0.25, -0.2) is 13.0 Å². The number of fused-ring (bicyclic) bond motifs is 3. The van der Waals surface area contributed by atoms with E-state index < -0.39 is 25.2 Å².